The second-order valence-corrected chi connectivity index (χ2v) is 7.46. The molecule has 1 fully saturated rings. The molecule has 1 saturated carbocycles. The van der Waals surface area contributed by atoms with Gasteiger partial charge in [0.15, 0.2) is 5.82 Å². The number of hydrogen-bond donors (Lipinski definition) is 0. The van der Waals surface area contributed by atoms with Crippen LogP contribution in [0.5, 0.6) is 0 Å². The van der Waals surface area contributed by atoms with Crippen molar-refractivity contribution in [2.45, 2.75) is 51.0 Å². The number of rotatable bonds is 5. The minimum Gasteiger partial charge on any atom is -0.373 e. The number of amides is 1. The van der Waals surface area contributed by atoms with Crippen LogP contribution in [0.1, 0.15) is 31.7 Å². The molecule has 0 spiro atoms. The molecule has 0 radical (unpaired) electrons. The molecule has 6 nitrogen and oxygen atoms in total. The number of aromatic nitrogens is 2. The lowest BCUT2D eigenvalue weighted by molar-refractivity contribution is -0.120. The first-order valence-electron chi connectivity index (χ1n) is 9.32. The number of carbonyl (C=O) groups excluding carboxylic acids is 1. The fraction of sp³-hybridized carbons (Fsp3) is 0.450. The van der Waals surface area contributed by atoms with Crippen LogP contribution >= 0.6 is 11.6 Å². The van der Waals surface area contributed by atoms with Gasteiger partial charge in [0.05, 0.1) is 18.9 Å². The van der Waals surface area contributed by atoms with Gasteiger partial charge in [-0.15, -0.1) is 0 Å². The van der Waals surface area contributed by atoms with Gasteiger partial charge in [-0.1, -0.05) is 37.3 Å². The van der Waals surface area contributed by atoms with Crippen LogP contribution in [0.25, 0.3) is 0 Å². The molecule has 4 rings (SSSR count). The average molecular weight is 387 g/mol. The molecule has 1 atom stereocenters. The maximum absolute atomic E-state index is 12.8. The average Bonchev–Trinajstić information content (AvgIpc) is 2.65. The van der Waals surface area contributed by atoms with Crippen LogP contribution in [0.4, 0.5) is 11.5 Å². The highest BCUT2D eigenvalue weighted by Gasteiger charge is 2.45. The van der Waals surface area contributed by atoms with Gasteiger partial charge in [-0.3, -0.25) is 4.79 Å². The molecule has 1 aromatic carbocycles. The molecule has 0 N–H and O–H groups in total. The summed E-state index contributed by atoms with van der Waals surface area (Å²) in [5.74, 6) is 0.819. The number of ether oxygens (including phenoxy) is 1. The van der Waals surface area contributed by atoms with Crippen LogP contribution in [0.15, 0.2) is 36.5 Å². The monoisotopic (exact) mass is 386 g/mol. The van der Waals surface area contributed by atoms with Crippen LogP contribution in [0.3, 0.4) is 0 Å². The van der Waals surface area contributed by atoms with E-state index in [2.05, 4.69) is 27.0 Å². The highest BCUT2D eigenvalue weighted by molar-refractivity contribution is 6.28. The highest BCUT2D eigenvalue weighted by Crippen LogP contribution is 2.41. The minimum atomic E-state index is -0.228. The maximum Gasteiger partial charge on any atom is 0.249 e. The number of hydrogen-bond acceptors (Lipinski definition) is 5. The Hall–Kier alpha value is -2.18. The fourth-order valence-electron chi connectivity index (χ4n) is 3.87. The topological polar surface area (TPSA) is 58.6 Å². The standard InChI is InChI=1S/C20H23ClN4O2/c1-3-16-19(26)24(2)17-11-22-20(21)23-18(17)25(16)14-9-15(10-14)27-12-13-7-5-4-6-8-13/h4-8,11,14-16H,3,9-10,12H2,1-2H3. The predicted molar refractivity (Wildman–Crippen MR) is 105 cm³/mol. The normalized spacial score (nSPS) is 24.6. The van der Waals surface area contributed by atoms with E-state index >= 15 is 0 Å². The first-order chi connectivity index (χ1) is 13.1. The number of anilines is 2. The Morgan fingerprint density at radius 2 is 2.00 bits per heavy atom. The van der Waals surface area contributed by atoms with Crippen LogP contribution in [0, 0.1) is 0 Å². The number of fused-ring (bicyclic) bond motifs is 1. The Morgan fingerprint density at radius 3 is 2.70 bits per heavy atom. The molecule has 1 aromatic heterocycles. The SMILES string of the molecule is CCC1C(=O)N(C)c2cnc(Cl)nc2N1C1CC(OCc2ccccc2)C1. The van der Waals surface area contributed by atoms with Crippen molar-refractivity contribution >= 4 is 29.0 Å². The van der Waals surface area contributed by atoms with E-state index in [4.69, 9.17) is 16.3 Å². The summed E-state index contributed by atoms with van der Waals surface area (Å²) < 4.78 is 6.03. The number of likely N-dealkylation sites (N-methyl/N-ethyl adjacent to an activating group) is 1. The van der Waals surface area contributed by atoms with Gasteiger partial charge < -0.3 is 14.5 Å². The summed E-state index contributed by atoms with van der Waals surface area (Å²) in [5.41, 5.74) is 1.88. The first-order valence-corrected chi connectivity index (χ1v) is 9.70. The summed E-state index contributed by atoms with van der Waals surface area (Å²) in [4.78, 5) is 25.1. The van der Waals surface area contributed by atoms with E-state index < -0.39 is 0 Å². The van der Waals surface area contributed by atoms with Gasteiger partial charge in [0.25, 0.3) is 0 Å². The smallest absolute Gasteiger partial charge is 0.249 e. The zero-order valence-electron chi connectivity index (χ0n) is 15.5. The molecule has 1 aliphatic carbocycles. The minimum absolute atomic E-state index is 0.0737. The van der Waals surface area contributed by atoms with Crippen LogP contribution in [-0.4, -0.2) is 41.1 Å². The highest BCUT2D eigenvalue weighted by atomic mass is 35.5. The Balaban J connectivity index is 1.49. The molecule has 0 bridgehead atoms. The van der Waals surface area contributed by atoms with E-state index in [-0.39, 0.29) is 29.4 Å². The van der Waals surface area contributed by atoms with Gasteiger partial charge in [0, 0.05) is 13.1 Å². The van der Waals surface area contributed by atoms with E-state index in [0.29, 0.717) is 12.3 Å². The number of halogens is 1. The lowest BCUT2D eigenvalue weighted by Crippen LogP contribution is -2.60. The molecule has 2 heterocycles. The quantitative estimate of drug-likeness (QED) is 0.737. The molecule has 1 unspecified atom stereocenters. The van der Waals surface area contributed by atoms with Crippen LogP contribution in [-0.2, 0) is 16.1 Å². The van der Waals surface area contributed by atoms with Gasteiger partial charge in [-0.05, 0) is 36.4 Å². The summed E-state index contributed by atoms with van der Waals surface area (Å²) in [7, 11) is 1.77. The second-order valence-electron chi connectivity index (χ2n) is 7.12. The zero-order chi connectivity index (χ0) is 19.0. The Bertz CT molecular complexity index is 826. The molecule has 2 aliphatic rings. The van der Waals surface area contributed by atoms with E-state index in [1.807, 2.05) is 25.1 Å². The van der Waals surface area contributed by atoms with Crippen molar-refractivity contribution in [3.63, 3.8) is 0 Å². The number of benzene rings is 1. The van der Waals surface area contributed by atoms with E-state index in [0.717, 1.165) is 25.1 Å². The molecule has 1 amide bonds. The van der Waals surface area contributed by atoms with E-state index in [1.54, 1.807) is 18.1 Å². The summed E-state index contributed by atoms with van der Waals surface area (Å²) >= 11 is 6.05. The van der Waals surface area contributed by atoms with Crippen molar-refractivity contribution in [1.29, 1.82) is 0 Å². The van der Waals surface area contributed by atoms with E-state index in [9.17, 15) is 4.79 Å². The molecule has 1 aliphatic heterocycles. The molecule has 142 valence electrons. The Morgan fingerprint density at radius 1 is 1.26 bits per heavy atom. The molecule has 0 saturated heterocycles. The summed E-state index contributed by atoms with van der Waals surface area (Å²) in [6.07, 6.45) is 4.30. The second kappa shape index (κ2) is 7.44. The van der Waals surface area contributed by atoms with Crippen LogP contribution < -0.4 is 9.80 Å². The zero-order valence-corrected chi connectivity index (χ0v) is 16.3. The van der Waals surface area contributed by atoms with Gasteiger partial charge in [-0.25, -0.2) is 4.98 Å². The summed E-state index contributed by atoms with van der Waals surface area (Å²) in [6.45, 7) is 2.64. The lowest BCUT2D eigenvalue weighted by atomic mass is 9.85. The van der Waals surface area contributed by atoms with Crippen molar-refractivity contribution in [1.82, 2.24) is 9.97 Å². The van der Waals surface area contributed by atoms with Crippen molar-refractivity contribution in [3.05, 3.63) is 47.4 Å². The molecular formula is C20H23ClN4O2. The predicted octanol–water partition coefficient (Wildman–Crippen LogP) is 3.44. The summed E-state index contributed by atoms with van der Waals surface area (Å²) in [6, 6.07) is 10.2. The fourth-order valence-corrected chi connectivity index (χ4v) is 4.00. The Kier molecular flexibility index (Phi) is 5.02. The van der Waals surface area contributed by atoms with Gasteiger partial charge in [0.1, 0.15) is 11.7 Å². The molecule has 2 aromatic rings. The number of carbonyl (C=O) groups is 1. The lowest BCUT2D eigenvalue weighted by Gasteiger charge is -2.49. The third-order valence-electron chi connectivity index (χ3n) is 5.46. The van der Waals surface area contributed by atoms with Crippen molar-refractivity contribution < 1.29 is 9.53 Å². The summed E-state index contributed by atoms with van der Waals surface area (Å²) in [5, 5.41) is 0.201. The van der Waals surface area contributed by atoms with Crippen molar-refractivity contribution in [2.75, 3.05) is 16.8 Å². The van der Waals surface area contributed by atoms with Gasteiger partial charge >= 0.3 is 0 Å². The third-order valence-corrected chi connectivity index (χ3v) is 5.64. The van der Waals surface area contributed by atoms with Gasteiger partial charge in [-0.2, -0.15) is 4.98 Å². The molecular weight excluding hydrogens is 364 g/mol. The first kappa shape index (κ1) is 18.2. The Labute approximate surface area is 164 Å². The van der Waals surface area contributed by atoms with E-state index in [1.165, 1.54) is 5.56 Å². The maximum atomic E-state index is 12.8. The van der Waals surface area contributed by atoms with Gasteiger partial charge in [0.2, 0.25) is 11.2 Å². The molecule has 27 heavy (non-hydrogen) atoms. The van der Waals surface area contributed by atoms with Crippen LogP contribution in [0.2, 0.25) is 5.28 Å². The number of nitrogens with zero attached hydrogens (tertiary/aromatic N) is 4. The van der Waals surface area contributed by atoms with Crippen molar-refractivity contribution in [2.24, 2.45) is 0 Å². The third kappa shape index (κ3) is 3.39. The largest absolute Gasteiger partial charge is 0.373 e. The molecule has 7 heteroatoms. The van der Waals surface area contributed by atoms with Crippen molar-refractivity contribution in [3.8, 4) is 0 Å².